The van der Waals surface area contributed by atoms with Crippen molar-refractivity contribution in [1.82, 2.24) is 0 Å². The van der Waals surface area contributed by atoms with E-state index >= 15 is 0 Å². The van der Waals surface area contributed by atoms with Crippen molar-refractivity contribution in [3.8, 4) is 0 Å². The van der Waals surface area contributed by atoms with Gasteiger partial charge < -0.3 is 5.11 Å². The summed E-state index contributed by atoms with van der Waals surface area (Å²) >= 11 is 2.75. The van der Waals surface area contributed by atoms with Gasteiger partial charge in [-0.05, 0) is 6.92 Å². The zero-order valence-electron chi connectivity index (χ0n) is 9.68. The van der Waals surface area contributed by atoms with E-state index in [0.29, 0.717) is 9.09 Å². The molecule has 0 aliphatic carbocycles. The van der Waals surface area contributed by atoms with E-state index in [9.17, 15) is 15.2 Å². The maximum atomic E-state index is 10.9. The quantitative estimate of drug-likeness (QED) is 0.513. The lowest BCUT2D eigenvalue weighted by Crippen LogP contribution is -2.06. The molecular weight excluding hydrogens is 246 g/mol. The number of hydrogen-bond acceptors (Lipinski definition) is 5. The summed E-state index contributed by atoms with van der Waals surface area (Å²) in [4.78, 5) is 11.1. The van der Waals surface area contributed by atoms with Crippen LogP contribution in [-0.4, -0.2) is 14.8 Å². The molecule has 1 aromatic rings. The predicted molar refractivity (Wildman–Crippen MR) is 67.2 cm³/mol. The van der Waals surface area contributed by atoms with Crippen LogP contribution in [0.25, 0.3) is 0 Å². The van der Waals surface area contributed by atoms with E-state index in [1.807, 2.05) is 20.8 Å². The molecule has 0 unspecified atom stereocenters. The van der Waals surface area contributed by atoms with E-state index in [1.165, 1.54) is 29.2 Å². The summed E-state index contributed by atoms with van der Waals surface area (Å²) in [6.07, 6.45) is -0.655. The van der Waals surface area contributed by atoms with Gasteiger partial charge in [0.05, 0.1) is 11.0 Å². The van der Waals surface area contributed by atoms with Gasteiger partial charge in [-0.15, -0.1) is 23.1 Å². The van der Waals surface area contributed by atoms with E-state index in [4.69, 9.17) is 0 Å². The van der Waals surface area contributed by atoms with Crippen LogP contribution in [0.2, 0.25) is 0 Å². The lowest BCUT2D eigenvalue weighted by atomic mass is 10.3. The SMILES string of the molecule is C[C@H](O)c1cc([N+](=O)[O-])c(SC(C)(C)C)s1. The summed E-state index contributed by atoms with van der Waals surface area (Å²) in [6.45, 7) is 7.62. The molecule has 90 valence electrons. The molecule has 0 aromatic carbocycles. The standard InChI is InChI=1S/C10H15NO3S2/c1-6(12)8-5-7(11(13)14)9(15-8)16-10(2,3)4/h5-6,12H,1-4H3/t6-/m0/s1. The van der Waals surface area contributed by atoms with Gasteiger partial charge in [-0.1, -0.05) is 20.8 Å². The first-order valence-corrected chi connectivity index (χ1v) is 6.49. The number of aliphatic hydroxyl groups excluding tert-OH is 1. The molecule has 1 rings (SSSR count). The third kappa shape index (κ3) is 3.47. The Kier molecular flexibility index (Phi) is 3.98. The Bertz CT molecular complexity index is 393. The Hall–Kier alpha value is -0.590. The molecule has 0 fully saturated rings. The third-order valence-electron chi connectivity index (χ3n) is 1.71. The number of nitrogens with zero attached hydrogens (tertiary/aromatic N) is 1. The molecule has 1 N–H and O–H groups in total. The van der Waals surface area contributed by atoms with Crippen LogP contribution in [-0.2, 0) is 0 Å². The Morgan fingerprint density at radius 2 is 2.12 bits per heavy atom. The number of aliphatic hydroxyl groups is 1. The van der Waals surface area contributed by atoms with Crippen LogP contribution in [0, 0.1) is 10.1 Å². The number of hydrogen-bond donors (Lipinski definition) is 1. The van der Waals surface area contributed by atoms with Gasteiger partial charge >= 0.3 is 0 Å². The van der Waals surface area contributed by atoms with Gasteiger partial charge in [0.1, 0.15) is 4.21 Å². The van der Waals surface area contributed by atoms with Gasteiger partial charge in [0.15, 0.2) is 0 Å². The summed E-state index contributed by atoms with van der Waals surface area (Å²) in [6, 6.07) is 1.46. The molecule has 1 heterocycles. The van der Waals surface area contributed by atoms with E-state index in [-0.39, 0.29) is 10.4 Å². The molecule has 16 heavy (non-hydrogen) atoms. The molecular formula is C10H15NO3S2. The minimum absolute atomic E-state index is 0.0778. The molecule has 0 radical (unpaired) electrons. The molecule has 0 bridgehead atoms. The van der Waals surface area contributed by atoms with Crippen LogP contribution in [0.5, 0.6) is 0 Å². The van der Waals surface area contributed by atoms with Crippen molar-refractivity contribution in [2.75, 3.05) is 0 Å². The van der Waals surface area contributed by atoms with Crippen LogP contribution in [0.3, 0.4) is 0 Å². The molecule has 4 nitrogen and oxygen atoms in total. The highest BCUT2D eigenvalue weighted by Gasteiger charge is 2.25. The molecule has 0 spiro atoms. The van der Waals surface area contributed by atoms with Crippen molar-refractivity contribution in [3.63, 3.8) is 0 Å². The molecule has 0 aliphatic heterocycles. The first-order valence-electron chi connectivity index (χ1n) is 4.86. The van der Waals surface area contributed by atoms with Gasteiger partial charge in [0, 0.05) is 15.7 Å². The van der Waals surface area contributed by atoms with Gasteiger partial charge in [0.2, 0.25) is 0 Å². The molecule has 0 amide bonds. The normalized spacial score (nSPS) is 13.8. The van der Waals surface area contributed by atoms with Crippen LogP contribution in [0.1, 0.15) is 38.7 Å². The molecule has 1 atom stereocenters. The molecule has 6 heteroatoms. The lowest BCUT2D eigenvalue weighted by Gasteiger charge is -2.15. The van der Waals surface area contributed by atoms with E-state index in [0.717, 1.165) is 0 Å². The van der Waals surface area contributed by atoms with Crippen molar-refractivity contribution >= 4 is 28.8 Å². The summed E-state index contributed by atoms with van der Waals surface area (Å²) in [5.74, 6) is 0. The Morgan fingerprint density at radius 1 is 1.56 bits per heavy atom. The van der Waals surface area contributed by atoms with Gasteiger partial charge in [-0.3, -0.25) is 10.1 Å². The van der Waals surface area contributed by atoms with Gasteiger partial charge in [0.25, 0.3) is 5.69 Å². The Labute approximate surface area is 103 Å². The Balaban J connectivity index is 3.10. The summed E-state index contributed by atoms with van der Waals surface area (Å²) < 4.78 is 0.583. The van der Waals surface area contributed by atoms with E-state index in [1.54, 1.807) is 6.92 Å². The summed E-state index contributed by atoms with van der Waals surface area (Å²) in [7, 11) is 0. The number of thiophene rings is 1. The molecule has 0 aliphatic rings. The average molecular weight is 261 g/mol. The first kappa shape index (κ1) is 13.5. The summed E-state index contributed by atoms with van der Waals surface area (Å²) in [5.41, 5.74) is 0.0980. The zero-order chi connectivity index (χ0) is 12.5. The minimum atomic E-state index is -0.655. The van der Waals surface area contributed by atoms with Crippen molar-refractivity contribution in [3.05, 3.63) is 21.1 Å². The highest BCUT2D eigenvalue weighted by molar-refractivity contribution is 8.02. The second-order valence-corrected chi connectivity index (χ2v) is 7.65. The Morgan fingerprint density at radius 3 is 2.50 bits per heavy atom. The zero-order valence-corrected chi connectivity index (χ0v) is 11.3. The number of rotatable bonds is 3. The highest BCUT2D eigenvalue weighted by atomic mass is 32.2. The maximum absolute atomic E-state index is 10.9. The number of thioether (sulfide) groups is 1. The summed E-state index contributed by atoms with van der Waals surface area (Å²) in [5, 5.41) is 20.3. The maximum Gasteiger partial charge on any atom is 0.294 e. The highest BCUT2D eigenvalue weighted by Crippen LogP contribution is 2.44. The van der Waals surface area contributed by atoms with E-state index in [2.05, 4.69) is 0 Å². The largest absolute Gasteiger partial charge is 0.388 e. The fourth-order valence-electron chi connectivity index (χ4n) is 1.07. The molecule has 0 saturated carbocycles. The number of nitro groups is 1. The fourth-order valence-corrected chi connectivity index (χ4v) is 3.86. The second kappa shape index (κ2) is 4.73. The average Bonchev–Trinajstić information content (AvgIpc) is 2.44. The molecule has 1 aromatic heterocycles. The van der Waals surface area contributed by atoms with Crippen LogP contribution >= 0.6 is 23.1 Å². The predicted octanol–water partition coefficient (Wildman–Crippen LogP) is 3.60. The van der Waals surface area contributed by atoms with Crippen molar-refractivity contribution < 1.29 is 10.0 Å². The van der Waals surface area contributed by atoms with Gasteiger partial charge in [-0.2, -0.15) is 0 Å². The second-order valence-electron chi connectivity index (χ2n) is 4.47. The van der Waals surface area contributed by atoms with Gasteiger partial charge in [-0.25, -0.2) is 0 Å². The lowest BCUT2D eigenvalue weighted by molar-refractivity contribution is -0.387. The monoisotopic (exact) mass is 261 g/mol. The third-order valence-corrected chi connectivity index (χ3v) is 4.30. The first-order chi connectivity index (χ1) is 7.20. The van der Waals surface area contributed by atoms with E-state index < -0.39 is 11.0 Å². The topological polar surface area (TPSA) is 63.4 Å². The van der Waals surface area contributed by atoms with Crippen LogP contribution < -0.4 is 0 Å². The van der Waals surface area contributed by atoms with Crippen molar-refractivity contribution in [2.24, 2.45) is 0 Å². The fraction of sp³-hybridized carbons (Fsp3) is 0.600. The van der Waals surface area contributed by atoms with Crippen LogP contribution in [0.4, 0.5) is 5.69 Å². The molecule has 0 saturated heterocycles. The minimum Gasteiger partial charge on any atom is -0.388 e. The van der Waals surface area contributed by atoms with Crippen LogP contribution in [0.15, 0.2) is 10.3 Å². The van der Waals surface area contributed by atoms with Crippen molar-refractivity contribution in [2.45, 2.75) is 42.8 Å². The van der Waals surface area contributed by atoms with Crippen molar-refractivity contribution in [1.29, 1.82) is 0 Å². The smallest absolute Gasteiger partial charge is 0.294 e.